The topological polar surface area (TPSA) is 38.5 Å². The molecule has 0 aromatic heterocycles. The van der Waals surface area contributed by atoms with Crippen molar-refractivity contribution in [3.05, 3.63) is 29.6 Å². The zero-order valence-corrected chi connectivity index (χ0v) is 13.7. The zero-order chi connectivity index (χ0) is 15.8. The highest BCUT2D eigenvalue weighted by molar-refractivity contribution is 5.55. The van der Waals surface area contributed by atoms with Gasteiger partial charge in [-0.3, -0.25) is 0 Å². The summed E-state index contributed by atoms with van der Waals surface area (Å²) >= 11 is 0. The Labute approximate surface area is 128 Å². The summed E-state index contributed by atoms with van der Waals surface area (Å²) in [4.78, 5) is 2.33. The molecule has 0 aliphatic carbocycles. The molecule has 21 heavy (non-hydrogen) atoms. The molecule has 4 heteroatoms. The van der Waals surface area contributed by atoms with Crippen LogP contribution in [-0.2, 0) is 11.2 Å². The molecule has 1 unspecified atom stereocenters. The molecule has 0 radical (unpaired) electrons. The van der Waals surface area contributed by atoms with E-state index in [0.717, 1.165) is 30.6 Å². The molecule has 0 spiro atoms. The van der Waals surface area contributed by atoms with Crippen LogP contribution in [0.25, 0.3) is 0 Å². The summed E-state index contributed by atoms with van der Waals surface area (Å²) in [5.41, 5.74) is 7.98. The van der Waals surface area contributed by atoms with Crippen LogP contribution in [0.15, 0.2) is 18.2 Å². The molecule has 1 aromatic carbocycles. The van der Waals surface area contributed by atoms with Gasteiger partial charge >= 0.3 is 0 Å². The average Bonchev–Trinajstić information content (AvgIpc) is 2.44. The van der Waals surface area contributed by atoms with Crippen molar-refractivity contribution in [3.8, 4) is 0 Å². The molecule has 0 amide bonds. The van der Waals surface area contributed by atoms with Gasteiger partial charge in [0.15, 0.2) is 0 Å². The van der Waals surface area contributed by atoms with Crippen molar-refractivity contribution >= 4 is 5.69 Å². The second kappa shape index (κ2) is 9.00. The van der Waals surface area contributed by atoms with Crippen LogP contribution in [0.4, 0.5) is 10.1 Å². The number of benzene rings is 1. The fourth-order valence-corrected chi connectivity index (χ4v) is 2.76. The minimum atomic E-state index is -0.203. The Bertz CT molecular complexity index is 419. The third-order valence-electron chi connectivity index (χ3n) is 3.81. The van der Waals surface area contributed by atoms with Gasteiger partial charge in [0.25, 0.3) is 0 Å². The lowest BCUT2D eigenvalue weighted by Gasteiger charge is -2.34. The fourth-order valence-electron chi connectivity index (χ4n) is 2.76. The van der Waals surface area contributed by atoms with Crippen molar-refractivity contribution in [3.63, 3.8) is 0 Å². The van der Waals surface area contributed by atoms with Gasteiger partial charge in [-0.2, -0.15) is 0 Å². The summed E-state index contributed by atoms with van der Waals surface area (Å²) < 4.78 is 18.8. The minimum Gasteiger partial charge on any atom is -0.383 e. The monoisotopic (exact) mass is 296 g/mol. The molecule has 0 heterocycles. The van der Waals surface area contributed by atoms with E-state index in [1.54, 1.807) is 13.2 Å². The van der Waals surface area contributed by atoms with E-state index in [2.05, 4.69) is 18.7 Å². The normalized spacial score (nSPS) is 12.7. The maximum atomic E-state index is 13.6. The van der Waals surface area contributed by atoms with Gasteiger partial charge in [-0.15, -0.1) is 0 Å². The summed E-state index contributed by atoms with van der Waals surface area (Å²) in [6.07, 6.45) is 2.78. The van der Waals surface area contributed by atoms with Crippen LogP contribution in [0.5, 0.6) is 0 Å². The molecule has 1 rings (SSSR count). The van der Waals surface area contributed by atoms with Crippen molar-refractivity contribution in [2.24, 2.45) is 5.73 Å². The highest BCUT2D eigenvalue weighted by Crippen LogP contribution is 2.26. The van der Waals surface area contributed by atoms with E-state index in [4.69, 9.17) is 10.5 Å². The Morgan fingerprint density at radius 2 is 1.95 bits per heavy atom. The average molecular weight is 296 g/mol. The van der Waals surface area contributed by atoms with E-state index >= 15 is 0 Å². The summed E-state index contributed by atoms with van der Waals surface area (Å²) in [6.45, 7) is 7.78. The van der Waals surface area contributed by atoms with Gasteiger partial charge in [0.1, 0.15) is 5.82 Å². The molecule has 1 aromatic rings. The first-order valence-electron chi connectivity index (χ1n) is 7.83. The molecule has 2 N–H and O–H groups in total. The molecular formula is C17H29FN2O. The quantitative estimate of drug-likeness (QED) is 0.759. The van der Waals surface area contributed by atoms with Gasteiger partial charge < -0.3 is 15.4 Å². The molecular weight excluding hydrogens is 267 g/mol. The predicted octanol–water partition coefficient (Wildman–Crippen LogP) is 3.36. The second-order valence-electron chi connectivity index (χ2n) is 5.61. The second-order valence-corrected chi connectivity index (χ2v) is 5.61. The first-order chi connectivity index (χ1) is 10.0. The highest BCUT2D eigenvalue weighted by Gasteiger charge is 2.19. The number of methoxy groups -OCH3 is 1. The molecule has 1 atom stereocenters. The van der Waals surface area contributed by atoms with Gasteiger partial charge in [0.2, 0.25) is 0 Å². The van der Waals surface area contributed by atoms with E-state index < -0.39 is 0 Å². The first-order valence-corrected chi connectivity index (χ1v) is 7.83. The number of halogens is 1. The van der Waals surface area contributed by atoms with Crippen LogP contribution in [0.1, 0.15) is 39.2 Å². The lowest BCUT2D eigenvalue weighted by molar-refractivity contribution is 0.202. The van der Waals surface area contributed by atoms with Gasteiger partial charge in [0, 0.05) is 31.4 Å². The largest absolute Gasteiger partial charge is 0.383 e. The molecule has 0 aliphatic rings. The van der Waals surface area contributed by atoms with Crippen molar-refractivity contribution in [2.75, 3.05) is 25.2 Å². The van der Waals surface area contributed by atoms with Gasteiger partial charge in [-0.1, -0.05) is 13.8 Å². The Morgan fingerprint density at radius 1 is 1.29 bits per heavy atom. The highest BCUT2D eigenvalue weighted by atomic mass is 19.1. The predicted molar refractivity (Wildman–Crippen MR) is 87.3 cm³/mol. The summed E-state index contributed by atoms with van der Waals surface area (Å²) in [7, 11) is 1.71. The molecule has 0 saturated carbocycles. The van der Waals surface area contributed by atoms with E-state index in [1.165, 1.54) is 6.07 Å². The number of hydrogen-bond acceptors (Lipinski definition) is 3. The molecule has 0 bridgehead atoms. The third-order valence-corrected chi connectivity index (χ3v) is 3.81. The van der Waals surface area contributed by atoms with Crippen LogP contribution >= 0.6 is 0 Å². The summed E-state index contributed by atoms with van der Waals surface area (Å²) in [5.74, 6) is -0.203. The Morgan fingerprint density at radius 3 is 2.48 bits per heavy atom. The lowest BCUT2D eigenvalue weighted by atomic mass is 10.0. The Hall–Kier alpha value is -1.13. The Kier molecular flexibility index (Phi) is 7.68. The van der Waals surface area contributed by atoms with Crippen molar-refractivity contribution < 1.29 is 9.13 Å². The molecule has 0 aliphatic heterocycles. The van der Waals surface area contributed by atoms with Crippen LogP contribution in [0.2, 0.25) is 0 Å². The number of nitrogens with two attached hydrogens (primary N) is 1. The van der Waals surface area contributed by atoms with E-state index in [9.17, 15) is 4.39 Å². The number of rotatable bonds is 9. The van der Waals surface area contributed by atoms with Gasteiger partial charge in [0.05, 0.1) is 6.61 Å². The molecule has 0 fully saturated rings. The summed E-state index contributed by atoms with van der Waals surface area (Å²) in [5, 5.41) is 0. The molecule has 0 saturated heterocycles. The van der Waals surface area contributed by atoms with Crippen LogP contribution in [0, 0.1) is 5.82 Å². The lowest BCUT2D eigenvalue weighted by Crippen LogP contribution is -2.38. The SMILES string of the molecule is CCC(CC)N(CCOC)c1ccc(F)cc1CC(C)N. The number of anilines is 1. The Balaban J connectivity index is 3.15. The minimum absolute atomic E-state index is 0.0107. The van der Waals surface area contributed by atoms with Crippen LogP contribution < -0.4 is 10.6 Å². The van der Waals surface area contributed by atoms with Gasteiger partial charge in [-0.25, -0.2) is 4.39 Å². The molecule has 120 valence electrons. The standard InChI is InChI=1S/C17H29FN2O/c1-5-16(6-2)20(9-10-21-4)17-8-7-15(18)12-14(17)11-13(3)19/h7-8,12-13,16H,5-6,9-11,19H2,1-4H3. The van der Waals surface area contributed by atoms with Crippen molar-refractivity contribution in [2.45, 2.75) is 52.1 Å². The molecule has 3 nitrogen and oxygen atoms in total. The van der Waals surface area contributed by atoms with Gasteiger partial charge in [-0.05, 0) is 49.9 Å². The summed E-state index contributed by atoms with van der Waals surface area (Å²) in [6, 6.07) is 5.46. The number of ether oxygens (including phenoxy) is 1. The van der Waals surface area contributed by atoms with Crippen molar-refractivity contribution in [1.29, 1.82) is 0 Å². The smallest absolute Gasteiger partial charge is 0.123 e. The third kappa shape index (κ3) is 5.29. The maximum Gasteiger partial charge on any atom is 0.123 e. The van der Waals surface area contributed by atoms with E-state index in [1.807, 2.05) is 13.0 Å². The van der Waals surface area contributed by atoms with E-state index in [0.29, 0.717) is 19.1 Å². The van der Waals surface area contributed by atoms with Crippen LogP contribution in [-0.4, -0.2) is 32.3 Å². The zero-order valence-electron chi connectivity index (χ0n) is 13.7. The maximum absolute atomic E-state index is 13.6. The van der Waals surface area contributed by atoms with E-state index in [-0.39, 0.29) is 11.9 Å². The number of nitrogens with zero attached hydrogens (tertiary/aromatic N) is 1. The first kappa shape index (κ1) is 17.9. The fraction of sp³-hybridized carbons (Fsp3) is 0.647. The van der Waals surface area contributed by atoms with Crippen molar-refractivity contribution in [1.82, 2.24) is 0 Å². The number of hydrogen-bond donors (Lipinski definition) is 1. The van der Waals surface area contributed by atoms with Crippen LogP contribution in [0.3, 0.4) is 0 Å².